The van der Waals surface area contributed by atoms with Crippen LogP contribution in [-0.4, -0.2) is 47.7 Å². The van der Waals surface area contributed by atoms with Gasteiger partial charge in [-0.15, -0.1) is 5.10 Å². The van der Waals surface area contributed by atoms with E-state index in [-0.39, 0.29) is 41.5 Å². The number of hydrogen-bond donors (Lipinski definition) is 4. The van der Waals surface area contributed by atoms with Gasteiger partial charge in [0.15, 0.2) is 5.69 Å². The van der Waals surface area contributed by atoms with E-state index in [0.717, 1.165) is 35.3 Å². The Hall–Kier alpha value is -4.72. The number of aromatic nitrogens is 5. The minimum Gasteiger partial charge on any atom is -0.481 e. The van der Waals surface area contributed by atoms with Crippen molar-refractivity contribution < 1.29 is 19.1 Å². The predicted molar refractivity (Wildman–Crippen MR) is 141 cm³/mol. The summed E-state index contributed by atoms with van der Waals surface area (Å²) in [7, 11) is 0. The summed E-state index contributed by atoms with van der Waals surface area (Å²) in [5.41, 5.74) is 10.6. The highest BCUT2D eigenvalue weighted by Crippen LogP contribution is 2.40. The Morgan fingerprint density at radius 3 is 2.80 bits per heavy atom. The van der Waals surface area contributed by atoms with Gasteiger partial charge in [-0.05, 0) is 48.4 Å². The number of nitrogens with one attached hydrogen (secondary N) is 3. The number of hydrogen-bond acceptors (Lipinski definition) is 8. The van der Waals surface area contributed by atoms with Crippen molar-refractivity contribution in [2.45, 2.75) is 44.7 Å². The van der Waals surface area contributed by atoms with Crippen molar-refractivity contribution in [3.63, 3.8) is 0 Å². The summed E-state index contributed by atoms with van der Waals surface area (Å²) >= 11 is 5.89. The number of carbonyl (C=O) groups excluding carboxylic acids is 1. The lowest BCUT2D eigenvalue weighted by Crippen LogP contribution is -2.25. The highest BCUT2D eigenvalue weighted by atomic mass is 35.5. The van der Waals surface area contributed by atoms with Gasteiger partial charge in [0.1, 0.15) is 17.8 Å². The molecule has 13 nitrogen and oxygen atoms in total. The fourth-order valence-corrected chi connectivity index (χ4v) is 4.59. The first-order valence-corrected chi connectivity index (χ1v) is 12.7. The van der Waals surface area contributed by atoms with Gasteiger partial charge in [-0.2, -0.15) is 5.53 Å². The number of carboxylic acids is 1. The molecule has 1 saturated carbocycles. The Kier molecular flexibility index (Phi) is 7.51. The number of benzene rings is 1. The van der Waals surface area contributed by atoms with E-state index >= 15 is 0 Å². The van der Waals surface area contributed by atoms with Crippen molar-refractivity contribution >= 4 is 41.2 Å². The molecule has 5 rings (SSSR count). The molecule has 40 heavy (non-hydrogen) atoms. The van der Waals surface area contributed by atoms with E-state index in [0.29, 0.717) is 23.7 Å². The molecule has 3 aromatic heterocycles. The van der Waals surface area contributed by atoms with Crippen LogP contribution in [0.4, 0.5) is 10.1 Å². The van der Waals surface area contributed by atoms with E-state index in [1.807, 2.05) is 22.9 Å². The molecule has 0 saturated heterocycles. The van der Waals surface area contributed by atoms with Crippen molar-refractivity contribution in [1.82, 2.24) is 29.7 Å². The number of carboxylic acid groups (broad SMARTS) is 1. The highest BCUT2D eigenvalue weighted by molar-refractivity contribution is 6.30. The number of carbonyl (C=O) groups is 2. The number of imidazole rings is 1. The first-order valence-electron chi connectivity index (χ1n) is 12.3. The van der Waals surface area contributed by atoms with Crippen LogP contribution in [0.1, 0.15) is 58.1 Å². The SMILES string of the molecule is N=CN(N=N)c1ccc(Cl)c(F)c1CNC(=O)c1cn(Cc2cn3cc(C4CC4)cc(CCC(=O)O)c3n2)nn1. The summed E-state index contributed by atoms with van der Waals surface area (Å²) in [5.74, 6) is -1.82. The average molecular weight is 567 g/mol. The Balaban J connectivity index is 1.31. The summed E-state index contributed by atoms with van der Waals surface area (Å²) < 4.78 is 18.1. The summed E-state index contributed by atoms with van der Waals surface area (Å²) in [6.07, 6.45) is 8.62. The maximum atomic E-state index is 14.7. The lowest BCUT2D eigenvalue weighted by Gasteiger charge is -2.17. The molecule has 0 bridgehead atoms. The fourth-order valence-electron chi connectivity index (χ4n) is 4.41. The van der Waals surface area contributed by atoms with Crippen LogP contribution >= 0.6 is 11.6 Å². The Labute approximate surface area is 231 Å². The van der Waals surface area contributed by atoms with Crippen LogP contribution in [0.3, 0.4) is 0 Å². The van der Waals surface area contributed by atoms with E-state index in [4.69, 9.17) is 27.6 Å². The maximum Gasteiger partial charge on any atom is 0.303 e. The summed E-state index contributed by atoms with van der Waals surface area (Å²) in [6, 6.07) is 4.70. The van der Waals surface area contributed by atoms with Gasteiger partial charge < -0.3 is 14.8 Å². The number of fused-ring (bicyclic) bond motifs is 1. The second kappa shape index (κ2) is 11.2. The largest absolute Gasteiger partial charge is 0.481 e. The molecule has 1 amide bonds. The quantitative estimate of drug-likeness (QED) is 0.0867. The topological polar surface area (TPSA) is 178 Å². The van der Waals surface area contributed by atoms with E-state index in [1.165, 1.54) is 23.0 Å². The highest BCUT2D eigenvalue weighted by Gasteiger charge is 2.25. The molecule has 1 aliphatic rings. The third kappa shape index (κ3) is 5.66. The second-order valence-corrected chi connectivity index (χ2v) is 9.75. The Bertz CT molecular complexity index is 1620. The van der Waals surface area contributed by atoms with Crippen LogP contribution in [0.25, 0.3) is 5.65 Å². The van der Waals surface area contributed by atoms with Gasteiger partial charge in [0, 0.05) is 30.9 Å². The molecule has 0 unspecified atom stereocenters. The van der Waals surface area contributed by atoms with Gasteiger partial charge in [0.25, 0.3) is 5.91 Å². The Morgan fingerprint density at radius 1 is 1.30 bits per heavy atom. The van der Waals surface area contributed by atoms with Crippen molar-refractivity contribution in [1.29, 1.82) is 10.9 Å². The average Bonchev–Trinajstić information content (AvgIpc) is 3.55. The molecule has 1 aliphatic carbocycles. The van der Waals surface area contributed by atoms with Crippen molar-refractivity contribution in [3.8, 4) is 0 Å². The second-order valence-electron chi connectivity index (χ2n) is 9.35. The minimum atomic E-state index is -0.872. The van der Waals surface area contributed by atoms with E-state index in [1.54, 1.807) is 0 Å². The van der Waals surface area contributed by atoms with Crippen LogP contribution < -0.4 is 10.3 Å². The number of rotatable bonds is 12. The van der Waals surface area contributed by atoms with E-state index in [9.17, 15) is 14.0 Å². The lowest BCUT2D eigenvalue weighted by atomic mass is 10.1. The van der Waals surface area contributed by atoms with Crippen LogP contribution in [0.5, 0.6) is 0 Å². The van der Waals surface area contributed by atoms with Crippen LogP contribution in [-0.2, 0) is 24.3 Å². The fraction of sp³-hybridized carbons (Fsp3) is 0.280. The van der Waals surface area contributed by atoms with Gasteiger partial charge in [0.05, 0.1) is 29.1 Å². The minimum absolute atomic E-state index is 0.00534. The number of amides is 1. The van der Waals surface area contributed by atoms with E-state index in [2.05, 4.69) is 25.8 Å². The number of aliphatic carboxylic acids is 1. The molecule has 0 aliphatic heterocycles. The predicted octanol–water partition coefficient (Wildman–Crippen LogP) is 3.95. The normalized spacial score (nSPS) is 12.8. The van der Waals surface area contributed by atoms with Gasteiger partial charge >= 0.3 is 5.97 Å². The molecule has 4 aromatic rings. The molecule has 0 radical (unpaired) electrons. The molecule has 15 heteroatoms. The number of halogens is 2. The molecule has 0 atom stereocenters. The van der Waals surface area contributed by atoms with Crippen LogP contribution in [0, 0.1) is 16.8 Å². The van der Waals surface area contributed by atoms with Crippen molar-refractivity contribution in [2.24, 2.45) is 5.22 Å². The first kappa shape index (κ1) is 26.9. The lowest BCUT2D eigenvalue weighted by molar-refractivity contribution is -0.136. The maximum absolute atomic E-state index is 14.7. The zero-order valence-electron chi connectivity index (χ0n) is 21.0. The Morgan fingerprint density at radius 2 is 2.10 bits per heavy atom. The molecular weight excluding hydrogens is 543 g/mol. The van der Waals surface area contributed by atoms with Gasteiger partial charge in [-0.1, -0.05) is 28.1 Å². The first-order chi connectivity index (χ1) is 19.3. The molecule has 1 fully saturated rings. The molecule has 3 heterocycles. The molecule has 1 aromatic carbocycles. The number of anilines is 1. The molecule has 206 valence electrons. The molecule has 0 spiro atoms. The van der Waals surface area contributed by atoms with Gasteiger partial charge in [-0.3, -0.25) is 15.0 Å². The zero-order valence-corrected chi connectivity index (χ0v) is 21.8. The number of nitrogens with zero attached hydrogens (tertiary/aromatic N) is 7. The summed E-state index contributed by atoms with van der Waals surface area (Å²) in [4.78, 5) is 28.6. The molecular formula is C25H24ClFN10O3. The zero-order chi connectivity index (χ0) is 28.4. The van der Waals surface area contributed by atoms with Crippen LogP contribution in [0.2, 0.25) is 5.02 Å². The third-order valence-electron chi connectivity index (χ3n) is 6.52. The van der Waals surface area contributed by atoms with Crippen LogP contribution in [0.15, 0.2) is 42.0 Å². The smallest absolute Gasteiger partial charge is 0.303 e. The van der Waals surface area contributed by atoms with Crippen molar-refractivity contribution in [2.75, 3.05) is 5.01 Å². The summed E-state index contributed by atoms with van der Waals surface area (Å²) in [5, 5.41) is 30.8. The molecule has 4 N–H and O–H groups in total. The van der Waals surface area contributed by atoms with Gasteiger partial charge in [-0.25, -0.2) is 19.1 Å². The monoisotopic (exact) mass is 566 g/mol. The van der Waals surface area contributed by atoms with Gasteiger partial charge in [0.2, 0.25) is 0 Å². The number of pyridine rings is 1. The summed E-state index contributed by atoms with van der Waals surface area (Å²) in [6.45, 7) is -0.0897. The standard InChI is InChI=1S/C25H24ClFN10O3/c26-19-4-5-21(37(13-28)33-29)18(23(19)27)8-30-25(40)20-12-36(34-32-20)11-17-10-35-9-16(14-1-2-14)7-15(24(35)31-17)3-6-22(38)39/h4-5,7,9-10,12-14,28-29H,1-3,6,8,11H2,(H,30,40)(H,38,39). The van der Waals surface area contributed by atoms with E-state index < -0.39 is 17.7 Å². The number of aryl methyl sites for hydroxylation is 1. The van der Waals surface area contributed by atoms with Crippen molar-refractivity contribution in [3.05, 3.63) is 75.7 Å². The third-order valence-corrected chi connectivity index (χ3v) is 6.82.